The summed E-state index contributed by atoms with van der Waals surface area (Å²) >= 11 is 0. The van der Waals surface area contributed by atoms with Crippen molar-refractivity contribution in [3.63, 3.8) is 0 Å². The van der Waals surface area contributed by atoms with E-state index >= 15 is 0 Å². The first-order valence-electron chi connectivity index (χ1n) is 3.55. The van der Waals surface area contributed by atoms with E-state index in [4.69, 9.17) is 0 Å². The van der Waals surface area contributed by atoms with Crippen LogP contribution in [0.2, 0.25) is 0 Å². The molecular weight excluding hydrogens is 143 g/mol. The summed E-state index contributed by atoms with van der Waals surface area (Å²) in [7, 11) is 0. The third-order valence-electron chi connectivity index (χ3n) is 1.50. The van der Waals surface area contributed by atoms with Gasteiger partial charge in [-0.05, 0) is 11.5 Å². The Hall–Kier alpha value is -1.12. The fourth-order valence-electron chi connectivity index (χ4n) is 0.790. The first-order chi connectivity index (χ1) is 5.24. The van der Waals surface area contributed by atoms with Crippen LogP contribution in [0.25, 0.3) is 6.20 Å². The third kappa shape index (κ3) is 1.90. The molecule has 0 aliphatic carbocycles. The normalized spacial score (nSPS) is 11.6. The Kier molecular flexibility index (Phi) is 2.41. The summed E-state index contributed by atoms with van der Waals surface area (Å²) in [5.74, 6) is 0.441. The molecule has 0 N–H and O–H groups in total. The summed E-state index contributed by atoms with van der Waals surface area (Å²) < 4.78 is 13.1. The van der Waals surface area contributed by atoms with E-state index in [1.165, 1.54) is 10.9 Å². The summed E-state index contributed by atoms with van der Waals surface area (Å²) in [5, 5.41) is 3.92. The van der Waals surface area contributed by atoms with E-state index in [0.29, 0.717) is 12.2 Å². The molecule has 0 spiro atoms. The molecule has 1 heterocycles. The highest BCUT2D eigenvalue weighted by Gasteiger charge is 1.99. The van der Waals surface area contributed by atoms with Gasteiger partial charge in [0.15, 0.2) is 0 Å². The average molecular weight is 154 g/mol. The van der Waals surface area contributed by atoms with E-state index in [-0.39, 0.29) is 0 Å². The number of nitrogens with zero attached hydrogens (tertiary/aromatic N) is 2. The fourth-order valence-corrected chi connectivity index (χ4v) is 0.790. The summed E-state index contributed by atoms with van der Waals surface area (Å²) in [6.07, 6.45) is 5.29. The maximum Gasteiger partial charge on any atom is 0.105 e. The van der Waals surface area contributed by atoms with E-state index in [1.807, 2.05) is 0 Å². The Bertz CT molecular complexity index is 250. The molecule has 0 amide bonds. The second-order valence-corrected chi connectivity index (χ2v) is 2.68. The van der Waals surface area contributed by atoms with Crippen molar-refractivity contribution in [2.24, 2.45) is 0 Å². The monoisotopic (exact) mass is 154 g/mol. The number of hydrogen-bond acceptors (Lipinski definition) is 1. The van der Waals surface area contributed by atoms with Crippen LogP contribution >= 0.6 is 0 Å². The van der Waals surface area contributed by atoms with Gasteiger partial charge in [0, 0.05) is 6.20 Å². The van der Waals surface area contributed by atoms with Crippen LogP contribution in [0.15, 0.2) is 18.7 Å². The van der Waals surface area contributed by atoms with E-state index in [1.54, 1.807) is 12.4 Å². The Morgan fingerprint density at radius 3 is 2.82 bits per heavy atom. The molecule has 2 nitrogen and oxygen atoms in total. The minimum atomic E-state index is 0.441. The maximum atomic E-state index is 11.6. The molecule has 0 unspecified atom stereocenters. The zero-order chi connectivity index (χ0) is 8.27. The molecule has 0 bridgehead atoms. The van der Waals surface area contributed by atoms with Gasteiger partial charge in [0.1, 0.15) is 6.33 Å². The summed E-state index contributed by atoms with van der Waals surface area (Å²) in [4.78, 5) is 0. The molecule has 1 rings (SSSR count). The van der Waals surface area contributed by atoms with Crippen LogP contribution in [0.1, 0.15) is 25.3 Å². The summed E-state index contributed by atoms with van der Waals surface area (Å²) in [5.41, 5.74) is 1.11. The summed E-state index contributed by atoms with van der Waals surface area (Å²) in [6, 6.07) is 0. The predicted octanol–water partition coefficient (Wildman–Crippen LogP) is 2.40. The Morgan fingerprint density at radius 1 is 1.64 bits per heavy atom. The topological polar surface area (TPSA) is 17.8 Å². The molecule has 0 aromatic carbocycles. The van der Waals surface area contributed by atoms with Gasteiger partial charge in [-0.25, -0.2) is 9.07 Å². The fraction of sp³-hybridized carbons (Fsp3) is 0.375. The van der Waals surface area contributed by atoms with Gasteiger partial charge in [-0.3, -0.25) is 0 Å². The van der Waals surface area contributed by atoms with Crippen LogP contribution in [0.5, 0.6) is 0 Å². The van der Waals surface area contributed by atoms with Gasteiger partial charge in [0.25, 0.3) is 0 Å². The Morgan fingerprint density at radius 2 is 2.36 bits per heavy atom. The van der Waals surface area contributed by atoms with Crippen LogP contribution in [-0.2, 0) is 0 Å². The van der Waals surface area contributed by atoms with Crippen LogP contribution in [-0.4, -0.2) is 9.78 Å². The van der Waals surface area contributed by atoms with Crippen molar-refractivity contribution in [1.29, 1.82) is 0 Å². The molecule has 0 atom stereocenters. The van der Waals surface area contributed by atoms with Gasteiger partial charge in [-0.2, -0.15) is 5.10 Å². The SMILES string of the molecule is CC(C)c1cnn(/C=C\F)c1. The molecule has 60 valence electrons. The van der Waals surface area contributed by atoms with Gasteiger partial charge < -0.3 is 0 Å². The molecule has 0 aliphatic rings. The molecular formula is C8H11FN2. The van der Waals surface area contributed by atoms with Crippen molar-refractivity contribution < 1.29 is 4.39 Å². The van der Waals surface area contributed by atoms with Crippen molar-refractivity contribution in [3.8, 4) is 0 Å². The van der Waals surface area contributed by atoms with Crippen molar-refractivity contribution in [2.75, 3.05) is 0 Å². The highest BCUT2D eigenvalue weighted by atomic mass is 19.1. The molecule has 0 radical (unpaired) electrons. The standard InChI is InChI=1S/C8H11FN2/c1-7(2)8-5-10-11(6-8)4-3-9/h3-7H,1-2H3/b4-3-. The third-order valence-corrected chi connectivity index (χ3v) is 1.50. The second-order valence-electron chi connectivity index (χ2n) is 2.68. The zero-order valence-corrected chi connectivity index (χ0v) is 6.66. The lowest BCUT2D eigenvalue weighted by atomic mass is 10.1. The minimum absolute atomic E-state index is 0.441. The van der Waals surface area contributed by atoms with Gasteiger partial charge >= 0.3 is 0 Å². The first-order valence-corrected chi connectivity index (χ1v) is 3.55. The summed E-state index contributed by atoms with van der Waals surface area (Å²) in [6.45, 7) is 4.14. The van der Waals surface area contributed by atoms with E-state index in [9.17, 15) is 4.39 Å². The average Bonchev–Trinajstić information content (AvgIpc) is 2.37. The highest BCUT2D eigenvalue weighted by molar-refractivity contribution is 5.21. The molecule has 11 heavy (non-hydrogen) atoms. The van der Waals surface area contributed by atoms with Crippen molar-refractivity contribution in [1.82, 2.24) is 9.78 Å². The molecule has 0 saturated heterocycles. The second kappa shape index (κ2) is 3.32. The largest absolute Gasteiger partial charge is 0.246 e. The molecule has 0 aliphatic heterocycles. The number of aromatic nitrogens is 2. The van der Waals surface area contributed by atoms with Crippen LogP contribution in [0.4, 0.5) is 4.39 Å². The van der Waals surface area contributed by atoms with Gasteiger partial charge in [-0.15, -0.1) is 0 Å². The van der Waals surface area contributed by atoms with Gasteiger partial charge in [0.2, 0.25) is 0 Å². The zero-order valence-electron chi connectivity index (χ0n) is 6.66. The highest BCUT2D eigenvalue weighted by Crippen LogP contribution is 2.11. The van der Waals surface area contributed by atoms with E-state index < -0.39 is 0 Å². The van der Waals surface area contributed by atoms with Crippen molar-refractivity contribution in [2.45, 2.75) is 19.8 Å². The molecule has 1 aromatic heterocycles. The number of rotatable bonds is 2. The quantitative estimate of drug-likeness (QED) is 0.639. The molecule has 3 heteroatoms. The predicted molar refractivity (Wildman–Crippen MR) is 42.8 cm³/mol. The van der Waals surface area contributed by atoms with Crippen LogP contribution in [0.3, 0.4) is 0 Å². The Balaban J connectivity index is 2.81. The lowest BCUT2D eigenvalue weighted by Crippen LogP contribution is -1.84. The number of hydrogen-bond donors (Lipinski definition) is 0. The number of halogens is 1. The minimum Gasteiger partial charge on any atom is -0.246 e. The van der Waals surface area contributed by atoms with Crippen LogP contribution in [0, 0.1) is 0 Å². The van der Waals surface area contributed by atoms with E-state index in [2.05, 4.69) is 18.9 Å². The molecule has 0 saturated carbocycles. The first kappa shape index (κ1) is 7.98. The van der Waals surface area contributed by atoms with Crippen molar-refractivity contribution in [3.05, 3.63) is 24.3 Å². The lowest BCUT2D eigenvalue weighted by molar-refractivity contribution is 0.718. The van der Waals surface area contributed by atoms with Crippen LogP contribution < -0.4 is 0 Å². The smallest absolute Gasteiger partial charge is 0.105 e. The van der Waals surface area contributed by atoms with Gasteiger partial charge in [0.05, 0.1) is 12.4 Å². The molecule has 0 fully saturated rings. The maximum absolute atomic E-state index is 11.6. The molecule has 1 aromatic rings. The Labute approximate surface area is 65.3 Å². The van der Waals surface area contributed by atoms with E-state index in [0.717, 1.165) is 5.56 Å². The van der Waals surface area contributed by atoms with Gasteiger partial charge in [-0.1, -0.05) is 13.8 Å². The lowest BCUT2D eigenvalue weighted by Gasteiger charge is -1.95. The van der Waals surface area contributed by atoms with Crippen molar-refractivity contribution >= 4 is 6.20 Å².